The Morgan fingerprint density at radius 3 is 2.23 bits per heavy atom. The van der Waals surface area contributed by atoms with Crippen molar-refractivity contribution in [1.82, 2.24) is 5.32 Å². The van der Waals surface area contributed by atoms with Crippen LogP contribution in [0.5, 0.6) is 0 Å². The van der Waals surface area contributed by atoms with Crippen molar-refractivity contribution in [2.75, 3.05) is 39.6 Å². The number of rotatable bonds is 20. The molecule has 0 aliphatic heterocycles. The topological polar surface area (TPSA) is 56.8 Å². The Morgan fingerprint density at radius 2 is 1.57 bits per heavy atom. The van der Waals surface area contributed by atoms with Gasteiger partial charge in [-0.1, -0.05) is 72.0 Å². The van der Waals surface area contributed by atoms with Gasteiger partial charge in [0.1, 0.15) is 0 Å². The highest BCUT2D eigenvalue weighted by Gasteiger charge is 2.48. The molecular formula is C30H53NO4. The van der Waals surface area contributed by atoms with E-state index in [4.69, 9.17) is 14.2 Å². The molecule has 1 aliphatic rings. The van der Waals surface area contributed by atoms with Crippen LogP contribution in [0.4, 0.5) is 4.79 Å². The number of hydrogen-bond donors (Lipinski definition) is 1. The molecule has 3 unspecified atom stereocenters. The Kier molecular flexibility index (Phi) is 16.9. The Hall–Kier alpha value is -1.51. The molecular weight excluding hydrogens is 438 g/mol. The minimum Gasteiger partial charge on any atom is -0.449 e. The monoisotopic (exact) mass is 491 g/mol. The molecule has 0 saturated heterocycles. The highest BCUT2D eigenvalue weighted by atomic mass is 16.5. The first-order chi connectivity index (χ1) is 16.8. The fourth-order valence-corrected chi connectivity index (χ4v) is 4.51. The van der Waals surface area contributed by atoms with Gasteiger partial charge in [-0.05, 0) is 55.8 Å². The van der Waals surface area contributed by atoms with Gasteiger partial charge in [0.15, 0.2) is 0 Å². The maximum absolute atomic E-state index is 11.9. The molecule has 1 fully saturated rings. The Balaban J connectivity index is 1.84. The minimum atomic E-state index is -0.265. The molecule has 1 rings (SSSR count). The number of carbonyl (C=O) groups is 1. The van der Waals surface area contributed by atoms with Gasteiger partial charge in [-0.25, -0.2) is 4.79 Å². The first kappa shape index (κ1) is 31.5. The lowest BCUT2D eigenvalue weighted by molar-refractivity contribution is 0.0465. The van der Waals surface area contributed by atoms with Crippen molar-refractivity contribution < 1.29 is 19.0 Å². The standard InChI is InChI=1S/C30H53NO4/c1-7-9-14-17-27-26(8-2)28(27)24-35-29(32)31-19-15-12-10-11-13-16-20-33-22-23-34-21-18-25(3)30(4,5)6/h26-28H,3,8,10-24H2,1-2,4-6H3,(H,31,32). The van der Waals surface area contributed by atoms with E-state index in [9.17, 15) is 4.79 Å². The maximum Gasteiger partial charge on any atom is 0.407 e. The second kappa shape index (κ2) is 18.7. The molecule has 0 spiro atoms. The summed E-state index contributed by atoms with van der Waals surface area (Å²) in [6.45, 7) is 18.9. The summed E-state index contributed by atoms with van der Waals surface area (Å²) < 4.78 is 16.7. The summed E-state index contributed by atoms with van der Waals surface area (Å²) in [4.78, 5) is 11.9. The number of alkyl carbamates (subject to hydrolysis) is 1. The number of unbranched alkanes of at least 4 members (excludes halogenated alkanes) is 5. The highest BCUT2D eigenvalue weighted by molar-refractivity contribution is 5.67. The van der Waals surface area contributed by atoms with Crippen molar-refractivity contribution >= 4 is 6.09 Å². The highest BCUT2D eigenvalue weighted by Crippen LogP contribution is 2.51. The molecule has 1 N–H and O–H groups in total. The van der Waals surface area contributed by atoms with E-state index in [0.717, 1.165) is 58.2 Å². The second-order valence-electron chi connectivity index (χ2n) is 10.8. The maximum atomic E-state index is 11.9. The zero-order valence-corrected chi connectivity index (χ0v) is 23.4. The van der Waals surface area contributed by atoms with Crippen LogP contribution in [-0.2, 0) is 14.2 Å². The van der Waals surface area contributed by atoms with Crippen LogP contribution in [0.1, 0.15) is 98.8 Å². The van der Waals surface area contributed by atoms with Gasteiger partial charge in [0, 0.05) is 19.6 Å². The average Bonchev–Trinajstić information content (AvgIpc) is 3.50. The van der Waals surface area contributed by atoms with Gasteiger partial charge in [-0.2, -0.15) is 0 Å². The van der Waals surface area contributed by atoms with Gasteiger partial charge < -0.3 is 19.5 Å². The third kappa shape index (κ3) is 15.3. The predicted octanol–water partition coefficient (Wildman–Crippen LogP) is 7.15. The number of ether oxygens (including phenoxy) is 3. The van der Waals surface area contributed by atoms with Crippen LogP contribution in [0.3, 0.4) is 0 Å². The van der Waals surface area contributed by atoms with E-state index in [0.29, 0.717) is 44.1 Å². The van der Waals surface area contributed by atoms with Crippen LogP contribution in [0.25, 0.3) is 0 Å². The SMILES string of the molecule is C=C(CCOCCOCCCCCCCCNC(=O)OCC1C(CC)C1CCC#CC)C(C)(C)C. The number of hydrogen-bond acceptors (Lipinski definition) is 4. The van der Waals surface area contributed by atoms with E-state index >= 15 is 0 Å². The molecule has 5 nitrogen and oxygen atoms in total. The van der Waals surface area contributed by atoms with Gasteiger partial charge in [0.2, 0.25) is 0 Å². The minimum absolute atomic E-state index is 0.158. The summed E-state index contributed by atoms with van der Waals surface area (Å²) in [5, 5.41) is 2.90. The largest absolute Gasteiger partial charge is 0.449 e. The number of nitrogens with one attached hydrogen (secondary N) is 1. The lowest BCUT2D eigenvalue weighted by atomic mass is 9.86. The third-order valence-electron chi connectivity index (χ3n) is 7.13. The molecule has 0 bridgehead atoms. The number of carbonyl (C=O) groups excluding carboxylic acids is 1. The Morgan fingerprint density at radius 1 is 0.914 bits per heavy atom. The summed E-state index contributed by atoms with van der Waals surface area (Å²) in [6.07, 6.45) is 10.7. The molecule has 35 heavy (non-hydrogen) atoms. The average molecular weight is 492 g/mol. The van der Waals surface area contributed by atoms with E-state index in [1.165, 1.54) is 24.8 Å². The molecule has 1 aliphatic carbocycles. The van der Waals surface area contributed by atoms with Crippen LogP contribution in [0.15, 0.2) is 12.2 Å². The van der Waals surface area contributed by atoms with Crippen molar-refractivity contribution in [3.05, 3.63) is 12.2 Å². The van der Waals surface area contributed by atoms with E-state index in [2.05, 4.69) is 51.4 Å². The third-order valence-corrected chi connectivity index (χ3v) is 7.13. The van der Waals surface area contributed by atoms with Gasteiger partial charge in [0.05, 0.1) is 26.4 Å². The molecule has 0 aromatic rings. The van der Waals surface area contributed by atoms with Gasteiger partial charge >= 0.3 is 6.09 Å². The molecule has 202 valence electrons. The molecule has 0 heterocycles. The van der Waals surface area contributed by atoms with Crippen LogP contribution in [-0.4, -0.2) is 45.7 Å². The van der Waals surface area contributed by atoms with Crippen LogP contribution in [0.2, 0.25) is 0 Å². The fraction of sp³-hybridized carbons (Fsp3) is 0.833. The molecule has 0 radical (unpaired) electrons. The van der Waals surface area contributed by atoms with Crippen molar-refractivity contribution in [3.8, 4) is 11.8 Å². The fourth-order valence-electron chi connectivity index (χ4n) is 4.51. The van der Waals surface area contributed by atoms with Crippen LogP contribution < -0.4 is 5.32 Å². The second-order valence-corrected chi connectivity index (χ2v) is 10.8. The van der Waals surface area contributed by atoms with Gasteiger partial charge in [0.25, 0.3) is 0 Å². The smallest absolute Gasteiger partial charge is 0.407 e. The molecule has 5 heteroatoms. The van der Waals surface area contributed by atoms with Crippen molar-refractivity contribution in [2.24, 2.45) is 23.2 Å². The first-order valence-electron chi connectivity index (χ1n) is 13.9. The zero-order valence-electron chi connectivity index (χ0n) is 23.4. The van der Waals surface area contributed by atoms with Gasteiger partial charge in [-0.15, -0.1) is 11.8 Å². The van der Waals surface area contributed by atoms with Crippen molar-refractivity contribution in [2.45, 2.75) is 98.8 Å². The lowest BCUT2D eigenvalue weighted by Gasteiger charge is -2.21. The summed E-state index contributed by atoms with van der Waals surface area (Å²) in [5.74, 6) is 8.00. The lowest BCUT2D eigenvalue weighted by Crippen LogP contribution is -2.26. The summed E-state index contributed by atoms with van der Waals surface area (Å²) in [5.41, 5.74) is 1.39. The number of amides is 1. The van der Waals surface area contributed by atoms with Gasteiger partial charge in [-0.3, -0.25) is 0 Å². The Labute approximate surface area is 216 Å². The Bertz CT molecular complexity index is 643. The summed E-state index contributed by atoms with van der Waals surface area (Å²) in [7, 11) is 0. The molecule has 0 aromatic carbocycles. The predicted molar refractivity (Wildman–Crippen MR) is 145 cm³/mol. The molecule has 1 amide bonds. The van der Waals surface area contributed by atoms with Crippen LogP contribution >= 0.6 is 0 Å². The van der Waals surface area contributed by atoms with Crippen molar-refractivity contribution in [1.29, 1.82) is 0 Å². The first-order valence-corrected chi connectivity index (χ1v) is 13.9. The van der Waals surface area contributed by atoms with E-state index < -0.39 is 0 Å². The van der Waals surface area contributed by atoms with E-state index in [-0.39, 0.29) is 11.5 Å². The van der Waals surface area contributed by atoms with Crippen LogP contribution in [0, 0.1) is 35.0 Å². The van der Waals surface area contributed by atoms with Crippen molar-refractivity contribution in [3.63, 3.8) is 0 Å². The quantitative estimate of drug-likeness (QED) is 0.112. The van der Waals surface area contributed by atoms with E-state index in [1.54, 1.807) is 0 Å². The summed E-state index contributed by atoms with van der Waals surface area (Å²) in [6, 6.07) is 0. The normalized spacial score (nSPS) is 19.1. The van der Waals surface area contributed by atoms with E-state index in [1.807, 2.05) is 6.92 Å². The molecule has 3 atom stereocenters. The molecule has 1 saturated carbocycles. The molecule has 0 aromatic heterocycles. The summed E-state index contributed by atoms with van der Waals surface area (Å²) >= 11 is 0. The zero-order chi connectivity index (χ0) is 25.9.